The molecule has 1 saturated carbocycles. The fraction of sp³-hybridized carbons (Fsp3) is 1.00. The number of hydrogen-bond acceptors (Lipinski definition) is 3. The summed E-state index contributed by atoms with van der Waals surface area (Å²) in [7, 11) is 0. The molecular formula is C13H24N2O. The zero-order chi connectivity index (χ0) is 11.0. The van der Waals surface area contributed by atoms with Crippen LogP contribution in [0.1, 0.15) is 38.5 Å². The van der Waals surface area contributed by atoms with Crippen molar-refractivity contribution in [1.29, 1.82) is 0 Å². The average molecular weight is 224 g/mol. The van der Waals surface area contributed by atoms with Crippen molar-refractivity contribution in [3.63, 3.8) is 0 Å². The zero-order valence-electron chi connectivity index (χ0n) is 10.1. The number of piperidine rings is 1. The summed E-state index contributed by atoms with van der Waals surface area (Å²) >= 11 is 0. The molecule has 2 heterocycles. The summed E-state index contributed by atoms with van der Waals surface area (Å²) in [5, 5.41) is 13.4. The van der Waals surface area contributed by atoms with Gasteiger partial charge < -0.3 is 10.4 Å². The molecule has 3 fully saturated rings. The Balaban J connectivity index is 1.72. The molecule has 0 bridgehead atoms. The third-order valence-electron chi connectivity index (χ3n) is 4.86. The first-order valence-corrected chi connectivity index (χ1v) is 7.01. The van der Waals surface area contributed by atoms with Crippen LogP contribution in [0.25, 0.3) is 0 Å². The largest absolute Gasteiger partial charge is 0.390 e. The van der Waals surface area contributed by atoms with Gasteiger partial charge in [0.1, 0.15) is 0 Å². The molecule has 0 amide bonds. The molecule has 3 aliphatic rings. The summed E-state index contributed by atoms with van der Waals surface area (Å²) < 4.78 is 0. The number of aliphatic hydroxyl groups excluding tert-OH is 1. The molecule has 3 heteroatoms. The van der Waals surface area contributed by atoms with Crippen molar-refractivity contribution in [3.8, 4) is 0 Å². The van der Waals surface area contributed by atoms with E-state index in [-0.39, 0.29) is 6.10 Å². The van der Waals surface area contributed by atoms with Crippen LogP contribution in [0.5, 0.6) is 0 Å². The fourth-order valence-corrected chi connectivity index (χ4v) is 4.06. The van der Waals surface area contributed by atoms with Crippen molar-refractivity contribution < 1.29 is 5.11 Å². The number of fused-ring (bicyclic) bond motifs is 1. The van der Waals surface area contributed by atoms with Crippen LogP contribution in [0, 0.1) is 5.92 Å². The normalized spacial score (nSPS) is 45.6. The predicted molar refractivity (Wildman–Crippen MR) is 64.4 cm³/mol. The van der Waals surface area contributed by atoms with E-state index >= 15 is 0 Å². The number of rotatable bonds is 1. The van der Waals surface area contributed by atoms with Gasteiger partial charge in [0, 0.05) is 25.2 Å². The second-order valence-corrected chi connectivity index (χ2v) is 5.78. The fourth-order valence-electron chi connectivity index (χ4n) is 4.06. The van der Waals surface area contributed by atoms with E-state index in [0.717, 1.165) is 25.0 Å². The van der Waals surface area contributed by atoms with Gasteiger partial charge in [0.15, 0.2) is 0 Å². The molecule has 0 aromatic rings. The third kappa shape index (κ3) is 1.89. The lowest BCUT2D eigenvalue weighted by atomic mass is 9.77. The first-order chi connectivity index (χ1) is 7.86. The van der Waals surface area contributed by atoms with Crippen LogP contribution in [-0.2, 0) is 0 Å². The van der Waals surface area contributed by atoms with Crippen LogP contribution in [0.15, 0.2) is 0 Å². The molecule has 16 heavy (non-hydrogen) atoms. The van der Waals surface area contributed by atoms with E-state index in [4.69, 9.17) is 0 Å². The van der Waals surface area contributed by atoms with Crippen LogP contribution in [0.2, 0.25) is 0 Å². The van der Waals surface area contributed by atoms with Crippen molar-refractivity contribution in [2.75, 3.05) is 19.6 Å². The van der Waals surface area contributed by atoms with E-state index in [9.17, 15) is 5.11 Å². The smallest absolute Gasteiger partial charge is 0.0831 e. The molecule has 2 N–H and O–H groups in total. The van der Waals surface area contributed by atoms with Gasteiger partial charge in [-0.2, -0.15) is 0 Å². The molecule has 92 valence electrons. The SMILES string of the molecule is OC1CNCC1N1CCCC2CCCCC21. The van der Waals surface area contributed by atoms with E-state index in [1.54, 1.807) is 0 Å². The maximum absolute atomic E-state index is 10.0. The van der Waals surface area contributed by atoms with Gasteiger partial charge in [-0.15, -0.1) is 0 Å². The quantitative estimate of drug-likeness (QED) is 0.697. The molecule has 4 unspecified atom stereocenters. The summed E-state index contributed by atoms with van der Waals surface area (Å²) in [6.45, 7) is 2.99. The van der Waals surface area contributed by atoms with Crippen molar-refractivity contribution >= 4 is 0 Å². The minimum Gasteiger partial charge on any atom is -0.390 e. The van der Waals surface area contributed by atoms with Gasteiger partial charge in [0.25, 0.3) is 0 Å². The molecule has 3 rings (SSSR count). The Hall–Kier alpha value is -0.120. The maximum Gasteiger partial charge on any atom is 0.0831 e. The van der Waals surface area contributed by atoms with E-state index < -0.39 is 0 Å². The summed E-state index contributed by atoms with van der Waals surface area (Å²) in [6.07, 6.45) is 8.25. The molecule has 4 atom stereocenters. The highest BCUT2D eigenvalue weighted by Crippen LogP contribution is 2.36. The number of nitrogens with zero attached hydrogens (tertiary/aromatic N) is 1. The minimum absolute atomic E-state index is 0.138. The molecule has 0 aromatic carbocycles. The van der Waals surface area contributed by atoms with Gasteiger partial charge >= 0.3 is 0 Å². The molecule has 0 spiro atoms. The monoisotopic (exact) mass is 224 g/mol. The number of hydrogen-bond donors (Lipinski definition) is 2. The van der Waals surface area contributed by atoms with E-state index in [1.165, 1.54) is 45.1 Å². The maximum atomic E-state index is 10.0. The van der Waals surface area contributed by atoms with E-state index in [0.29, 0.717) is 6.04 Å². The van der Waals surface area contributed by atoms with Gasteiger partial charge in [0.05, 0.1) is 6.10 Å². The standard InChI is InChI=1S/C13H24N2O/c16-13-9-14-8-12(13)15-7-3-5-10-4-1-2-6-11(10)15/h10-14,16H,1-9H2. The second kappa shape index (κ2) is 4.63. The third-order valence-corrected chi connectivity index (χ3v) is 4.86. The Labute approximate surface area is 98.2 Å². The van der Waals surface area contributed by atoms with Gasteiger partial charge in [-0.1, -0.05) is 12.8 Å². The highest BCUT2D eigenvalue weighted by molar-refractivity contribution is 4.96. The van der Waals surface area contributed by atoms with Crippen LogP contribution < -0.4 is 5.32 Å². The first-order valence-electron chi connectivity index (χ1n) is 7.01. The topological polar surface area (TPSA) is 35.5 Å². The average Bonchev–Trinajstić information content (AvgIpc) is 2.75. The number of nitrogens with one attached hydrogen (secondary N) is 1. The lowest BCUT2D eigenvalue weighted by Gasteiger charge is -2.47. The van der Waals surface area contributed by atoms with Crippen molar-refractivity contribution in [2.45, 2.75) is 56.7 Å². The predicted octanol–water partition coefficient (Wildman–Crippen LogP) is 0.974. The van der Waals surface area contributed by atoms with Crippen molar-refractivity contribution in [3.05, 3.63) is 0 Å². The summed E-state index contributed by atoms with van der Waals surface area (Å²) in [4.78, 5) is 2.64. The van der Waals surface area contributed by atoms with Gasteiger partial charge in [-0.25, -0.2) is 0 Å². The van der Waals surface area contributed by atoms with Gasteiger partial charge in [-0.3, -0.25) is 4.90 Å². The van der Waals surface area contributed by atoms with Crippen molar-refractivity contribution in [2.24, 2.45) is 5.92 Å². The highest BCUT2D eigenvalue weighted by Gasteiger charge is 2.40. The molecule has 3 nitrogen and oxygen atoms in total. The molecule has 0 aromatic heterocycles. The van der Waals surface area contributed by atoms with Crippen LogP contribution in [0.4, 0.5) is 0 Å². The van der Waals surface area contributed by atoms with Crippen LogP contribution in [0.3, 0.4) is 0 Å². The summed E-state index contributed by atoms with van der Waals surface area (Å²) in [6, 6.07) is 1.17. The minimum atomic E-state index is -0.138. The van der Waals surface area contributed by atoms with E-state index in [2.05, 4.69) is 10.2 Å². The zero-order valence-corrected chi connectivity index (χ0v) is 10.1. The Bertz CT molecular complexity index is 244. The molecule has 0 radical (unpaired) electrons. The first kappa shape index (κ1) is 11.0. The number of aliphatic hydroxyl groups is 1. The molecule has 2 saturated heterocycles. The molecule has 1 aliphatic carbocycles. The number of β-amino-alcohol motifs (C(OH)–C–C–N with tert-alkyl or cyclic N) is 1. The second-order valence-electron chi connectivity index (χ2n) is 5.78. The van der Waals surface area contributed by atoms with Gasteiger partial charge in [0.2, 0.25) is 0 Å². The summed E-state index contributed by atoms with van der Waals surface area (Å²) in [5.41, 5.74) is 0. The van der Waals surface area contributed by atoms with Crippen LogP contribution in [-0.4, -0.2) is 47.8 Å². The van der Waals surface area contributed by atoms with Gasteiger partial charge in [-0.05, 0) is 38.1 Å². The lowest BCUT2D eigenvalue weighted by molar-refractivity contribution is -0.00734. The Morgan fingerprint density at radius 3 is 2.56 bits per heavy atom. The van der Waals surface area contributed by atoms with E-state index in [1.807, 2.05) is 0 Å². The Morgan fingerprint density at radius 2 is 1.75 bits per heavy atom. The van der Waals surface area contributed by atoms with Crippen molar-refractivity contribution in [1.82, 2.24) is 10.2 Å². The lowest BCUT2D eigenvalue weighted by Crippen LogP contribution is -2.55. The Morgan fingerprint density at radius 1 is 0.938 bits per heavy atom. The number of likely N-dealkylation sites (tertiary alicyclic amines) is 1. The molecular weight excluding hydrogens is 200 g/mol. The highest BCUT2D eigenvalue weighted by atomic mass is 16.3. The Kier molecular flexibility index (Phi) is 3.18. The summed E-state index contributed by atoms with van der Waals surface area (Å²) in [5.74, 6) is 0.926. The molecule has 2 aliphatic heterocycles. The van der Waals surface area contributed by atoms with Crippen LogP contribution >= 0.6 is 0 Å².